The van der Waals surface area contributed by atoms with Crippen LogP contribution in [0.2, 0.25) is 0 Å². The molecular formula is C17H26N2. The minimum Gasteiger partial charge on any atom is -0.297 e. The molecule has 3 atom stereocenters. The van der Waals surface area contributed by atoms with Crippen LogP contribution in [0.3, 0.4) is 0 Å². The molecule has 1 heterocycles. The summed E-state index contributed by atoms with van der Waals surface area (Å²) in [4.78, 5) is 6.91. The molecule has 19 heavy (non-hydrogen) atoms. The van der Waals surface area contributed by atoms with Gasteiger partial charge in [0.25, 0.3) is 0 Å². The topological polar surface area (TPSA) is 16.1 Å². The highest BCUT2D eigenvalue weighted by atomic mass is 15.1. The van der Waals surface area contributed by atoms with E-state index in [4.69, 9.17) is 0 Å². The first-order valence-corrected chi connectivity index (χ1v) is 7.37. The summed E-state index contributed by atoms with van der Waals surface area (Å²) in [5.41, 5.74) is 2.73. The van der Waals surface area contributed by atoms with E-state index in [1.54, 1.807) is 5.57 Å². The summed E-state index contributed by atoms with van der Waals surface area (Å²) in [6, 6.07) is 6.55. The zero-order valence-corrected chi connectivity index (χ0v) is 12.6. The van der Waals surface area contributed by atoms with E-state index in [0.29, 0.717) is 12.0 Å². The van der Waals surface area contributed by atoms with E-state index in [9.17, 15) is 0 Å². The smallest absolute Gasteiger partial charge is 0.0572 e. The summed E-state index contributed by atoms with van der Waals surface area (Å²) >= 11 is 0. The second kappa shape index (κ2) is 6.33. The Morgan fingerprint density at radius 3 is 2.84 bits per heavy atom. The minimum atomic E-state index is 0.378. The molecule has 2 nitrogen and oxygen atoms in total. The van der Waals surface area contributed by atoms with Gasteiger partial charge in [0.1, 0.15) is 0 Å². The number of nitrogens with zero attached hydrogens (tertiary/aromatic N) is 2. The summed E-state index contributed by atoms with van der Waals surface area (Å²) in [6.45, 7) is 8.05. The van der Waals surface area contributed by atoms with Gasteiger partial charge in [0.05, 0.1) is 5.69 Å². The zero-order valence-electron chi connectivity index (χ0n) is 12.6. The van der Waals surface area contributed by atoms with E-state index in [0.717, 1.165) is 18.2 Å². The number of rotatable bonds is 4. The van der Waals surface area contributed by atoms with Gasteiger partial charge in [0, 0.05) is 18.8 Å². The van der Waals surface area contributed by atoms with Crippen molar-refractivity contribution in [3.63, 3.8) is 0 Å². The van der Waals surface area contributed by atoms with Gasteiger partial charge in [0.15, 0.2) is 0 Å². The van der Waals surface area contributed by atoms with Crippen LogP contribution in [-0.2, 0) is 0 Å². The van der Waals surface area contributed by atoms with E-state index in [-0.39, 0.29) is 0 Å². The predicted molar refractivity (Wildman–Crippen MR) is 80.9 cm³/mol. The predicted octanol–water partition coefficient (Wildman–Crippen LogP) is 4.07. The molecule has 1 aromatic rings. The Bertz CT molecular complexity index is 424. The maximum atomic E-state index is 4.47. The number of hydrogen-bond donors (Lipinski definition) is 0. The fourth-order valence-corrected chi connectivity index (χ4v) is 3.02. The molecule has 0 aliphatic heterocycles. The highest BCUT2D eigenvalue weighted by Crippen LogP contribution is 2.32. The molecule has 2 rings (SSSR count). The lowest BCUT2D eigenvalue weighted by atomic mass is 9.79. The number of hydrogen-bond acceptors (Lipinski definition) is 2. The molecule has 1 aliphatic carbocycles. The van der Waals surface area contributed by atoms with Gasteiger partial charge in [-0.05, 0) is 57.7 Å². The van der Waals surface area contributed by atoms with Gasteiger partial charge in [-0.2, -0.15) is 0 Å². The highest BCUT2D eigenvalue weighted by molar-refractivity contribution is 5.11. The first-order chi connectivity index (χ1) is 9.09. The third-order valence-corrected chi connectivity index (χ3v) is 4.62. The number of allylic oxidation sites excluding steroid dienone is 1. The molecule has 104 valence electrons. The van der Waals surface area contributed by atoms with Crippen LogP contribution in [0.15, 0.2) is 36.0 Å². The average molecular weight is 258 g/mol. The molecule has 0 fully saturated rings. The molecule has 0 aromatic carbocycles. The third-order valence-electron chi connectivity index (χ3n) is 4.62. The Hall–Kier alpha value is -1.15. The fourth-order valence-electron chi connectivity index (χ4n) is 3.02. The van der Waals surface area contributed by atoms with Crippen molar-refractivity contribution < 1.29 is 0 Å². The summed E-state index contributed by atoms with van der Waals surface area (Å²) in [5, 5.41) is 0. The van der Waals surface area contributed by atoms with Crippen LogP contribution in [0, 0.1) is 11.8 Å². The first kappa shape index (κ1) is 14.3. The number of aromatic nitrogens is 1. The van der Waals surface area contributed by atoms with Crippen molar-refractivity contribution in [2.75, 3.05) is 13.6 Å². The van der Waals surface area contributed by atoms with E-state index in [1.165, 1.54) is 12.8 Å². The van der Waals surface area contributed by atoms with Gasteiger partial charge in [-0.1, -0.05) is 24.6 Å². The third kappa shape index (κ3) is 3.44. The molecule has 0 N–H and O–H groups in total. The first-order valence-electron chi connectivity index (χ1n) is 7.37. The van der Waals surface area contributed by atoms with Crippen LogP contribution in [0.5, 0.6) is 0 Å². The van der Waals surface area contributed by atoms with Gasteiger partial charge < -0.3 is 0 Å². The van der Waals surface area contributed by atoms with Crippen LogP contribution in [0.4, 0.5) is 0 Å². The Kier molecular flexibility index (Phi) is 4.76. The van der Waals surface area contributed by atoms with Crippen molar-refractivity contribution in [2.24, 2.45) is 11.8 Å². The molecule has 3 unspecified atom stereocenters. The van der Waals surface area contributed by atoms with Crippen molar-refractivity contribution in [1.82, 2.24) is 9.88 Å². The lowest BCUT2D eigenvalue weighted by Gasteiger charge is -2.34. The van der Waals surface area contributed by atoms with Crippen LogP contribution >= 0.6 is 0 Å². The van der Waals surface area contributed by atoms with Crippen molar-refractivity contribution in [3.8, 4) is 0 Å². The minimum absolute atomic E-state index is 0.378. The van der Waals surface area contributed by atoms with Crippen LogP contribution in [0.25, 0.3) is 0 Å². The SMILES string of the molecule is CC1=CCCC(C)C1CN(C)C(C)c1ccccn1. The Balaban J connectivity index is 2.02. The molecular weight excluding hydrogens is 232 g/mol. The van der Waals surface area contributed by atoms with Crippen molar-refractivity contribution in [3.05, 3.63) is 41.7 Å². The lowest BCUT2D eigenvalue weighted by Crippen LogP contribution is -2.33. The van der Waals surface area contributed by atoms with Gasteiger partial charge >= 0.3 is 0 Å². The van der Waals surface area contributed by atoms with Crippen LogP contribution in [-0.4, -0.2) is 23.5 Å². The summed E-state index contributed by atoms with van der Waals surface area (Å²) in [6.07, 6.45) is 6.88. The molecule has 0 amide bonds. The molecule has 1 aliphatic rings. The fraction of sp³-hybridized carbons (Fsp3) is 0.588. The molecule has 0 saturated carbocycles. The quantitative estimate of drug-likeness (QED) is 0.757. The maximum Gasteiger partial charge on any atom is 0.0572 e. The second-order valence-electron chi connectivity index (χ2n) is 5.98. The molecule has 2 heteroatoms. The van der Waals surface area contributed by atoms with Crippen molar-refractivity contribution in [1.29, 1.82) is 0 Å². The summed E-state index contributed by atoms with van der Waals surface area (Å²) < 4.78 is 0. The number of pyridine rings is 1. The van der Waals surface area contributed by atoms with E-state index < -0.39 is 0 Å². The highest BCUT2D eigenvalue weighted by Gasteiger charge is 2.25. The maximum absolute atomic E-state index is 4.47. The molecule has 1 aromatic heterocycles. The van der Waals surface area contributed by atoms with E-state index in [1.807, 2.05) is 12.3 Å². The largest absolute Gasteiger partial charge is 0.297 e. The molecule has 0 radical (unpaired) electrons. The Labute approximate surface area is 117 Å². The molecule has 0 bridgehead atoms. The van der Waals surface area contributed by atoms with Crippen molar-refractivity contribution >= 4 is 0 Å². The van der Waals surface area contributed by atoms with Gasteiger partial charge in [-0.3, -0.25) is 9.88 Å². The van der Waals surface area contributed by atoms with Gasteiger partial charge in [-0.15, -0.1) is 0 Å². The second-order valence-corrected chi connectivity index (χ2v) is 5.98. The molecule has 0 spiro atoms. The normalized spacial score (nSPS) is 25.2. The summed E-state index contributed by atoms with van der Waals surface area (Å²) in [5.74, 6) is 1.49. The molecule has 0 saturated heterocycles. The van der Waals surface area contributed by atoms with E-state index >= 15 is 0 Å². The average Bonchev–Trinajstić information content (AvgIpc) is 2.43. The van der Waals surface area contributed by atoms with E-state index in [2.05, 4.69) is 55.9 Å². The summed E-state index contributed by atoms with van der Waals surface area (Å²) in [7, 11) is 2.22. The van der Waals surface area contributed by atoms with Gasteiger partial charge in [0.2, 0.25) is 0 Å². The van der Waals surface area contributed by atoms with Gasteiger partial charge in [-0.25, -0.2) is 0 Å². The van der Waals surface area contributed by atoms with Crippen LogP contribution < -0.4 is 0 Å². The Morgan fingerprint density at radius 1 is 1.42 bits per heavy atom. The standard InChI is InChI=1S/C17H26N2/c1-13-8-7-9-14(2)16(13)12-19(4)15(3)17-10-5-6-11-18-17/h5-6,8,10-11,14-16H,7,9,12H2,1-4H3. The lowest BCUT2D eigenvalue weighted by molar-refractivity contribution is 0.194. The van der Waals surface area contributed by atoms with Crippen molar-refractivity contribution in [2.45, 2.75) is 39.7 Å². The Morgan fingerprint density at radius 2 is 2.21 bits per heavy atom. The zero-order chi connectivity index (χ0) is 13.8. The monoisotopic (exact) mass is 258 g/mol. The van der Waals surface area contributed by atoms with Crippen LogP contribution in [0.1, 0.15) is 45.3 Å².